The molecule has 1 heterocycles. The minimum atomic E-state index is -0.0517. The molecule has 0 aromatic carbocycles. The average Bonchev–Trinajstić information content (AvgIpc) is 2.50. The van der Waals surface area contributed by atoms with Crippen LogP contribution in [0.5, 0.6) is 0 Å². The van der Waals surface area contributed by atoms with Crippen LogP contribution in [0.4, 0.5) is 5.82 Å². The van der Waals surface area contributed by atoms with Crippen molar-refractivity contribution in [1.29, 1.82) is 0 Å². The molecular weight excluding hydrogens is 180 g/mol. The third-order valence-corrected chi connectivity index (χ3v) is 1.74. The summed E-state index contributed by atoms with van der Waals surface area (Å²) in [6, 6.07) is 1.84. The zero-order valence-corrected chi connectivity index (χ0v) is 8.79. The average molecular weight is 196 g/mol. The molecule has 0 aliphatic carbocycles. The number of aryl methyl sites for hydroxylation is 1. The predicted molar refractivity (Wildman–Crippen MR) is 55.1 cm³/mol. The van der Waals surface area contributed by atoms with E-state index in [4.69, 9.17) is 0 Å². The van der Waals surface area contributed by atoms with Crippen LogP contribution in [0, 0.1) is 0 Å². The van der Waals surface area contributed by atoms with E-state index >= 15 is 0 Å². The van der Waals surface area contributed by atoms with Crippen molar-refractivity contribution in [2.75, 3.05) is 26.0 Å². The molecule has 0 unspecified atom stereocenters. The highest BCUT2D eigenvalue weighted by molar-refractivity contribution is 5.91. The summed E-state index contributed by atoms with van der Waals surface area (Å²) in [5.41, 5.74) is 1.02. The van der Waals surface area contributed by atoms with E-state index in [9.17, 15) is 4.79 Å². The maximum atomic E-state index is 11.3. The Bertz CT molecular complexity index is 306. The van der Waals surface area contributed by atoms with E-state index in [1.165, 1.54) is 0 Å². The second-order valence-electron chi connectivity index (χ2n) is 3.42. The van der Waals surface area contributed by atoms with Gasteiger partial charge >= 0.3 is 0 Å². The number of rotatable bonds is 4. The Morgan fingerprint density at radius 3 is 2.86 bits per heavy atom. The third kappa shape index (κ3) is 3.18. The molecule has 1 aromatic rings. The van der Waals surface area contributed by atoms with Crippen LogP contribution in [0.3, 0.4) is 0 Å². The minimum absolute atomic E-state index is 0.0517. The van der Waals surface area contributed by atoms with Gasteiger partial charge in [-0.3, -0.25) is 9.89 Å². The molecule has 5 nitrogen and oxygen atoms in total. The van der Waals surface area contributed by atoms with Crippen molar-refractivity contribution in [3.63, 3.8) is 0 Å². The summed E-state index contributed by atoms with van der Waals surface area (Å²) in [5, 5.41) is 9.50. The normalized spacial score (nSPS) is 10.6. The van der Waals surface area contributed by atoms with E-state index in [0.717, 1.165) is 12.1 Å². The SMILES string of the molecule is CCc1cc(NC(=O)CN(C)C)n[nH]1. The molecule has 14 heavy (non-hydrogen) atoms. The van der Waals surface area contributed by atoms with Gasteiger partial charge in [-0.1, -0.05) is 6.92 Å². The van der Waals surface area contributed by atoms with Crippen molar-refractivity contribution in [2.45, 2.75) is 13.3 Å². The lowest BCUT2D eigenvalue weighted by molar-refractivity contribution is -0.116. The largest absolute Gasteiger partial charge is 0.308 e. The summed E-state index contributed by atoms with van der Waals surface area (Å²) in [4.78, 5) is 13.1. The van der Waals surface area contributed by atoms with Crippen LogP contribution >= 0.6 is 0 Å². The summed E-state index contributed by atoms with van der Waals surface area (Å²) >= 11 is 0. The number of amides is 1. The Morgan fingerprint density at radius 1 is 1.64 bits per heavy atom. The van der Waals surface area contributed by atoms with Crippen molar-refractivity contribution < 1.29 is 4.79 Å². The van der Waals surface area contributed by atoms with Crippen molar-refractivity contribution in [2.24, 2.45) is 0 Å². The van der Waals surface area contributed by atoms with Crippen LogP contribution in [0.25, 0.3) is 0 Å². The molecule has 1 aromatic heterocycles. The number of nitrogens with one attached hydrogen (secondary N) is 2. The lowest BCUT2D eigenvalue weighted by atomic mass is 10.3. The van der Waals surface area contributed by atoms with Gasteiger partial charge in [-0.25, -0.2) is 0 Å². The second kappa shape index (κ2) is 4.76. The van der Waals surface area contributed by atoms with Gasteiger partial charge in [-0.15, -0.1) is 0 Å². The van der Waals surface area contributed by atoms with Crippen molar-refractivity contribution >= 4 is 11.7 Å². The van der Waals surface area contributed by atoms with Crippen molar-refractivity contribution in [3.8, 4) is 0 Å². The molecule has 0 saturated carbocycles. The van der Waals surface area contributed by atoms with Gasteiger partial charge in [0.25, 0.3) is 0 Å². The lowest BCUT2D eigenvalue weighted by Gasteiger charge is -2.07. The number of hydrogen-bond donors (Lipinski definition) is 2. The first-order valence-electron chi connectivity index (χ1n) is 4.60. The number of hydrogen-bond acceptors (Lipinski definition) is 3. The van der Waals surface area contributed by atoms with E-state index in [2.05, 4.69) is 15.5 Å². The quantitative estimate of drug-likeness (QED) is 0.736. The van der Waals surface area contributed by atoms with Gasteiger partial charge in [0.2, 0.25) is 5.91 Å². The molecule has 0 saturated heterocycles. The first-order chi connectivity index (χ1) is 6.61. The maximum Gasteiger partial charge on any atom is 0.239 e. The van der Waals surface area contributed by atoms with Gasteiger partial charge in [0.1, 0.15) is 0 Å². The molecule has 78 valence electrons. The standard InChI is InChI=1S/C9H16N4O/c1-4-7-5-8(12-11-7)10-9(14)6-13(2)3/h5H,4,6H2,1-3H3,(H2,10,11,12,14). The van der Waals surface area contributed by atoms with E-state index in [0.29, 0.717) is 12.4 Å². The summed E-state index contributed by atoms with van der Waals surface area (Å²) in [6.07, 6.45) is 0.885. The smallest absolute Gasteiger partial charge is 0.239 e. The van der Waals surface area contributed by atoms with Gasteiger partial charge in [0, 0.05) is 11.8 Å². The molecule has 0 aliphatic heterocycles. The Hall–Kier alpha value is -1.36. The number of H-pyrrole nitrogens is 1. The number of likely N-dealkylation sites (N-methyl/N-ethyl adjacent to an activating group) is 1. The molecule has 0 radical (unpaired) electrons. The van der Waals surface area contributed by atoms with Crippen LogP contribution in [0.1, 0.15) is 12.6 Å². The van der Waals surface area contributed by atoms with E-state index in [1.54, 1.807) is 0 Å². The fraction of sp³-hybridized carbons (Fsp3) is 0.556. The molecular formula is C9H16N4O. The van der Waals surface area contributed by atoms with Gasteiger partial charge in [-0.05, 0) is 20.5 Å². The van der Waals surface area contributed by atoms with Gasteiger partial charge < -0.3 is 10.2 Å². The second-order valence-corrected chi connectivity index (χ2v) is 3.42. The van der Waals surface area contributed by atoms with Crippen LogP contribution in [0.15, 0.2) is 6.07 Å². The van der Waals surface area contributed by atoms with Crippen molar-refractivity contribution in [1.82, 2.24) is 15.1 Å². The summed E-state index contributed by atoms with van der Waals surface area (Å²) in [6.45, 7) is 2.40. The monoisotopic (exact) mass is 196 g/mol. The zero-order chi connectivity index (χ0) is 10.6. The minimum Gasteiger partial charge on any atom is -0.308 e. The molecule has 0 atom stereocenters. The Labute approximate surface area is 83.5 Å². The zero-order valence-electron chi connectivity index (χ0n) is 8.79. The van der Waals surface area contributed by atoms with E-state index in [-0.39, 0.29) is 5.91 Å². The summed E-state index contributed by atoms with van der Waals surface area (Å²) < 4.78 is 0. The molecule has 1 rings (SSSR count). The van der Waals surface area contributed by atoms with Crippen molar-refractivity contribution in [3.05, 3.63) is 11.8 Å². The Balaban J connectivity index is 2.47. The predicted octanol–water partition coefficient (Wildman–Crippen LogP) is 0.472. The Morgan fingerprint density at radius 2 is 2.36 bits per heavy atom. The van der Waals surface area contributed by atoms with Crippen LogP contribution in [0.2, 0.25) is 0 Å². The Kier molecular flexibility index (Phi) is 3.64. The molecule has 1 amide bonds. The highest BCUT2D eigenvalue weighted by atomic mass is 16.2. The number of nitrogens with zero attached hydrogens (tertiary/aromatic N) is 2. The highest BCUT2D eigenvalue weighted by Gasteiger charge is 2.05. The molecule has 0 spiro atoms. The van der Waals surface area contributed by atoms with Gasteiger partial charge in [-0.2, -0.15) is 5.10 Å². The van der Waals surface area contributed by atoms with Gasteiger partial charge in [0.15, 0.2) is 5.82 Å². The van der Waals surface area contributed by atoms with E-state index in [1.807, 2.05) is 32.0 Å². The molecule has 0 aliphatic rings. The topological polar surface area (TPSA) is 61.0 Å². The molecule has 0 fully saturated rings. The molecule has 2 N–H and O–H groups in total. The molecule has 0 bridgehead atoms. The number of aromatic amines is 1. The maximum absolute atomic E-state index is 11.3. The first kappa shape index (κ1) is 10.7. The van der Waals surface area contributed by atoms with Crippen LogP contribution in [-0.2, 0) is 11.2 Å². The fourth-order valence-electron chi connectivity index (χ4n) is 1.08. The number of anilines is 1. The number of carbonyl (C=O) groups is 1. The summed E-state index contributed by atoms with van der Waals surface area (Å²) in [7, 11) is 3.70. The third-order valence-electron chi connectivity index (χ3n) is 1.74. The summed E-state index contributed by atoms with van der Waals surface area (Å²) in [5.74, 6) is 0.540. The van der Waals surface area contributed by atoms with E-state index < -0.39 is 0 Å². The number of aromatic nitrogens is 2. The van der Waals surface area contributed by atoms with Crippen LogP contribution < -0.4 is 5.32 Å². The first-order valence-corrected chi connectivity index (χ1v) is 4.60. The number of carbonyl (C=O) groups excluding carboxylic acids is 1. The van der Waals surface area contributed by atoms with Crippen LogP contribution in [-0.4, -0.2) is 41.6 Å². The molecule has 5 heteroatoms. The highest BCUT2D eigenvalue weighted by Crippen LogP contribution is 2.05. The van der Waals surface area contributed by atoms with Gasteiger partial charge in [0.05, 0.1) is 6.54 Å². The lowest BCUT2D eigenvalue weighted by Crippen LogP contribution is -2.27. The fourth-order valence-corrected chi connectivity index (χ4v) is 1.08.